The summed E-state index contributed by atoms with van der Waals surface area (Å²) < 4.78 is 18.2. The molecule has 0 radical (unpaired) electrons. The molecule has 21 heavy (non-hydrogen) atoms. The number of nitrogens with zero attached hydrogens (tertiary/aromatic N) is 2. The molecule has 0 saturated heterocycles. The first kappa shape index (κ1) is 13.1. The second-order valence-electron chi connectivity index (χ2n) is 4.53. The fourth-order valence-electron chi connectivity index (χ4n) is 1.93. The average molecular weight is 286 g/mol. The van der Waals surface area contributed by atoms with Gasteiger partial charge in [-0.2, -0.15) is 4.98 Å². The van der Waals surface area contributed by atoms with Crippen LogP contribution >= 0.6 is 0 Å². The van der Waals surface area contributed by atoms with E-state index in [1.54, 1.807) is 18.2 Å². The van der Waals surface area contributed by atoms with Crippen LogP contribution in [0.2, 0.25) is 0 Å². The maximum Gasteiger partial charge on any atom is 0.258 e. The quantitative estimate of drug-likeness (QED) is 0.724. The van der Waals surface area contributed by atoms with Crippen LogP contribution in [0.25, 0.3) is 11.5 Å². The first-order chi connectivity index (χ1) is 10.1. The highest BCUT2D eigenvalue weighted by Crippen LogP contribution is 2.29. The van der Waals surface area contributed by atoms with Gasteiger partial charge in [0.15, 0.2) is 17.3 Å². The Morgan fingerprint density at radius 1 is 1.05 bits per heavy atom. The first-order valence-corrected chi connectivity index (χ1v) is 6.21. The molecule has 1 heterocycles. The molecular formula is C15H11FN2O3. The van der Waals surface area contributed by atoms with E-state index in [1.807, 2.05) is 0 Å². The van der Waals surface area contributed by atoms with Gasteiger partial charge in [0.2, 0.25) is 0 Å². The third-order valence-corrected chi connectivity index (χ3v) is 2.94. The lowest BCUT2D eigenvalue weighted by Gasteiger charge is -1.98. The van der Waals surface area contributed by atoms with Gasteiger partial charge in [-0.25, -0.2) is 4.39 Å². The molecule has 2 aromatic carbocycles. The molecule has 0 spiro atoms. The van der Waals surface area contributed by atoms with Gasteiger partial charge in [-0.05, 0) is 35.9 Å². The highest BCUT2D eigenvalue weighted by Gasteiger charge is 2.11. The summed E-state index contributed by atoms with van der Waals surface area (Å²) in [6.07, 6.45) is 0.339. The van der Waals surface area contributed by atoms with Crippen LogP contribution in [0.4, 0.5) is 4.39 Å². The highest BCUT2D eigenvalue weighted by atomic mass is 19.1. The molecule has 106 valence electrons. The van der Waals surface area contributed by atoms with E-state index in [2.05, 4.69) is 10.1 Å². The first-order valence-electron chi connectivity index (χ1n) is 6.21. The van der Waals surface area contributed by atoms with Crippen molar-refractivity contribution in [1.82, 2.24) is 10.1 Å². The molecule has 2 N–H and O–H groups in total. The predicted octanol–water partition coefficient (Wildman–Crippen LogP) is 2.88. The molecule has 0 bridgehead atoms. The Labute approximate surface area is 119 Å². The summed E-state index contributed by atoms with van der Waals surface area (Å²) >= 11 is 0. The van der Waals surface area contributed by atoms with Crippen molar-refractivity contribution in [2.45, 2.75) is 6.42 Å². The highest BCUT2D eigenvalue weighted by molar-refractivity contribution is 5.58. The minimum Gasteiger partial charge on any atom is -0.504 e. The van der Waals surface area contributed by atoms with Gasteiger partial charge in [0.25, 0.3) is 5.89 Å². The second-order valence-corrected chi connectivity index (χ2v) is 4.53. The Hall–Kier alpha value is -2.89. The number of hydrogen-bond donors (Lipinski definition) is 2. The zero-order valence-electron chi connectivity index (χ0n) is 10.8. The van der Waals surface area contributed by atoms with Gasteiger partial charge in [0, 0.05) is 12.0 Å². The summed E-state index contributed by atoms with van der Waals surface area (Å²) in [5.74, 6) is -0.185. The van der Waals surface area contributed by atoms with Crippen LogP contribution in [0.1, 0.15) is 11.4 Å². The van der Waals surface area contributed by atoms with Crippen LogP contribution < -0.4 is 0 Å². The zero-order chi connectivity index (χ0) is 14.8. The molecule has 3 rings (SSSR count). The van der Waals surface area contributed by atoms with Gasteiger partial charge in [0.1, 0.15) is 5.82 Å². The number of aromatic hydroxyl groups is 2. The number of aromatic nitrogens is 2. The van der Waals surface area contributed by atoms with Crippen molar-refractivity contribution >= 4 is 0 Å². The van der Waals surface area contributed by atoms with E-state index in [4.69, 9.17) is 4.52 Å². The average Bonchev–Trinajstić information content (AvgIpc) is 2.90. The SMILES string of the molecule is Oc1ccc(-c2nc(Cc3cccc(F)c3)no2)cc1O. The zero-order valence-corrected chi connectivity index (χ0v) is 10.8. The van der Waals surface area contributed by atoms with Crippen molar-refractivity contribution in [1.29, 1.82) is 0 Å². The molecule has 0 amide bonds. The summed E-state index contributed by atoms with van der Waals surface area (Å²) in [6.45, 7) is 0. The lowest BCUT2D eigenvalue weighted by molar-refractivity contribution is 0.402. The van der Waals surface area contributed by atoms with Crippen molar-refractivity contribution in [3.8, 4) is 23.0 Å². The third-order valence-electron chi connectivity index (χ3n) is 2.94. The number of phenols is 2. The topological polar surface area (TPSA) is 79.4 Å². The predicted molar refractivity (Wildman–Crippen MR) is 72.3 cm³/mol. The van der Waals surface area contributed by atoms with Crippen LogP contribution in [-0.2, 0) is 6.42 Å². The number of benzene rings is 2. The molecule has 0 atom stereocenters. The van der Waals surface area contributed by atoms with Gasteiger partial charge in [-0.15, -0.1) is 0 Å². The molecule has 0 fully saturated rings. The molecule has 0 saturated carbocycles. The number of hydrogen-bond acceptors (Lipinski definition) is 5. The van der Waals surface area contributed by atoms with E-state index < -0.39 is 0 Å². The van der Waals surface area contributed by atoms with Crippen molar-refractivity contribution in [3.05, 3.63) is 59.7 Å². The third kappa shape index (κ3) is 2.84. The van der Waals surface area contributed by atoms with Crippen LogP contribution in [0.3, 0.4) is 0 Å². The lowest BCUT2D eigenvalue weighted by atomic mass is 10.1. The van der Waals surface area contributed by atoms with Crippen molar-refractivity contribution < 1.29 is 19.1 Å². The Morgan fingerprint density at radius 3 is 2.67 bits per heavy atom. The normalized spacial score (nSPS) is 10.7. The van der Waals surface area contributed by atoms with E-state index in [0.29, 0.717) is 17.8 Å². The van der Waals surface area contributed by atoms with Crippen molar-refractivity contribution in [2.75, 3.05) is 0 Å². The maximum absolute atomic E-state index is 13.1. The monoisotopic (exact) mass is 286 g/mol. The number of rotatable bonds is 3. The summed E-state index contributed by atoms with van der Waals surface area (Å²) in [6, 6.07) is 10.4. The minimum atomic E-state index is -0.320. The molecule has 0 aliphatic heterocycles. The standard InChI is InChI=1S/C15H11FN2O3/c16-11-3-1-2-9(6-11)7-14-17-15(21-18-14)10-4-5-12(19)13(20)8-10/h1-6,8,19-20H,7H2. The summed E-state index contributed by atoms with van der Waals surface area (Å²) in [5.41, 5.74) is 1.22. The summed E-state index contributed by atoms with van der Waals surface area (Å²) in [5, 5.41) is 22.5. The minimum absolute atomic E-state index is 0.219. The van der Waals surface area contributed by atoms with Crippen LogP contribution in [0.15, 0.2) is 47.0 Å². The molecule has 0 aliphatic carbocycles. The molecule has 3 aromatic rings. The Balaban J connectivity index is 1.84. The van der Waals surface area contributed by atoms with E-state index in [0.717, 1.165) is 5.56 Å². The summed E-state index contributed by atoms with van der Waals surface area (Å²) in [4.78, 5) is 4.18. The second kappa shape index (κ2) is 5.24. The Kier molecular flexibility index (Phi) is 3.27. The molecule has 6 heteroatoms. The van der Waals surface area contributed by atoms with Crippen molar-refractivity contribution in [3.63, 3.8) is 0 Å². The molecule has 0 aliphatic rings. The molecular weight excluding hydrogens is 275 g/mol. The molecule has 5 nitrogen and oxygen atoms in total. The van der Waals surface area contributed by atoms with Crippen LogP contribution in [0.5, 0.6) is 11.5 Å². The fraction of sp³-hybridized carbons (Fsp3) is 0.0667. The summed E-state index contributed by atoms with van der Waals surface area (Å²) in [7, 11) is 0. The Bertz CT molecular complexity index is 786. The van der Waals surface area contributed by atoms with Crippen LogP contribution in [-0.4, -0.2) is 20.4 Å². The largest absolute Gasteiger partial charge is 0.504 e. The van der Waals surface area contributed by atoms with Crippen molar-refractivity contribution in [2.24, 2.45) is 0 Å². The van der Waals surface area contributed by atoms with E-state index in [-0.39, 0.29) is 23.2 Å². The van der Waals surface area contributed by atoms with Crippen LogP contribution in [0, 0.1) is 5.82 Å². The van der Waals surface area contributed by atoms with Gasteiger partial charge in [0.05, 0.1) is 0 Å². The Morgan fingerprint density at radius 2 is 1.90 bits per heavy atom. The van der Waals surface area contributed by atoms with Gasteiger partial charge < -0.3 is 14.7 Å². The van der Waals surface area contributed by atoms with E-state index in [1.165, 1.54) is 24.3 Å². The fourth-order valence-corrected chi connectivity index (χ4v) is 1.93. The number of phenolic OH excluding ortho intramolecular Hbond substituents is 2. The number of halogens is 1. The van der Waals surface area contributed by atoms with E-state index in [9.17, 15) is 14.6 Å². The van der Waals surface area contributed by atoms with Gasteiger partial charge in [-0.1, -0.05) is 17.3 Å². The molecule has 0 unspecified atom stereocenters. The maximum atomic E-state index is 13.1. The lowest BCUT2D eigenvalue weighted by Crippen LogP contribution is -1.91. The van der Waals surface area contributed by atoms with Gasteiger partial charge in [-0.3, -0.25) is 0 Å². The molecule has 1 aromatic heterocycles. The smallest absolute Gasteiger partial charge is 0.258 e. The van der Waals surface area contributed by atoms with Gasteiger partial charge >= 0.3 is 0 Å². The van der Waals surface area contributed by atoms with E-state index >= 15 is 0 Å².